The molecule has 1 heterocycles. The molecule has 1 saturated carbocycles. The maximum atomic E-state index is 13.6. The van der Waals surface area contributed by atoms with E-state index in [0.29, 0.717) is 25.7 Å². The molecule has 26 heavy (non-hydrogen) atoms. The minimum Gasteiger partial charge on any atom is -0.442 e. The smallest absolute Gasteiger partial charge is 0.428 e. The number of alkyl halides is 3. The van der Waals surface area contributed by atoms with E-state index >= 15 is 0 Å². The number of aliphatic hydroxyl groups excluding tert-OH is 1. The fourth-order valence-corrected chi connectivity index (χ4v) is 3.35. The molecule has 142 valence electrons. The highest BCUT2D eigenvalue weighted by molar-refractivity contribution is 6.04. The molecule has 0 atom stereocenters. The van der Waals surface area contributed by atoms with Crippen molar-refractivity contribution in [3.63, 3.8) is 0 Å². The number of rotatable bonds is 3. The Morgan fingerprint density at radius 1 is 1.27 bits per heavy atom. The highest BCUT2D eigenvalue weighted by atomic mass is 19.4. The van der Waals surface area contributed by atoms with Gasteiger partial charge in [0.2, 0.25) is 0 Å². The summed E-state index contributed by atoms with van der Waals surface area (Å²) in [5.41, 5.74) is 1.89. The topological polar surface area (TPSA) is 74.2 Å². The zero-order valence-corrected chi connectivity index (χ0v) is 14.2. The first-order chi connectivity index (χ1) is 12.3. The molecular formula is C17H20F3N3O3. The molecule has 0 radical (unpaired) electrons. The van der Waals surface area contributed by atoms with Gasteiger partial charge in [-0.3, -0.25) is 0 Å². The fraction of sp³-hybridized carbons (Fsp3) is 0.529. The van der Waals surface area contributed by atoms with Gasteiger partial charge in [0, 0.05) is 24.3 Å². The Hall–Kier alpha value is -2.29. The summed E-state index contributed by atoms with van der Waals surface area (Å²) < 4.78 is 45.7. The number of anilines is 1. The SMILES string of the molecule is CN(c1ccc(C2=NNC(=O)OC2)cc1C(F)(F)F)C1CCC(O)CC1. The third-order valence-corrected chi connectivity index (χ3v) is 4.85. The third-order valence-electron chi connectivity index (χ3n) is 4.85. The number of carbonyl (C=O) groups excluding carboxylic acids is 1. The number of hydrazone groups is 1. The summed E-state index contributed by atoms with van der Waals surface area (Å²) in [7, 11) is 1.65. The van der Waals surface area contributed by atoms with E-state index in [1.807, 2.05) is 0 Å². The van der Waals surface area contributed by atoms with Crippen molar-refractivity contribution in [2.75, 3.05) is 18.6 Å². The number of halogens is 3. The highest BCUT2D eigenvalue weighted by Crippen LogP contribution is 2.39. The average molecular weight is 371 g/mol. The van der Waals surface area contributed by atoms with E-state index in [1.165, 1.54) is 6.07 Å². The summed E-state index contributed by atoms with van der Waals surface area (Å²) >= 11 is 0. The fourth-order valence-electron chi connectivity index (χ4n) is 3.35. The number of hydrogen-bond acceptors (Lipinski definition) is 5. The molecule has 1 aliphatic heterocycles. The van der Waals surface area contributed by atoms with E-state index in [1.54, 1.807) is 18.0 Å². The molecule has 1 aromatic carbocycles. The molecule has 0 saturated heterocycles. The number of carbonyl (C=O) groups is 1. The van der Waals surface area contributed by atoms with E-state index in [9.17, 15) is 23.1 Å². The second-order valence-electron chi connectivity index (χ2n) is 6.55. The summed E-state index contributed by atoms with van der Waals surface area (Å²) in [5, 5.41) is 13.4. The number of cyclic esters (lactones) is 1. The van der Waals surface area contributed by atoms with Crippen molar-refractivity contribution in [3.8, 4) is 0 Å². The van der Waals surface area contributed by atoms with Gasteiger partial charge < -0.3 is 14.7 Å². The van der Waals surface area contributed by atoms with E-state index < -0.39 is 17.8 Å². The lowest BCUT2D eigenvalue weighted by molar-refractivity contribution is -0.137. The van der Waals surface area contributed by atoms with Crippen molar-refractivity contribution in [2.45, 2.75) is 44.0 Å². The Bertz CT molecular complexity index is 713. The van der Waals surface area contributed by atoms with Gasteiger partial charge in [-0.15, -0.1) is 0 Å². The van der Waals surface area contributed by atoms with E-state index in [2.05, 4.69) is 10.5 Å². The molecule has 0 aromatic heterocycles. The lowest BCUT2D eigenvalue weighted by Crippen LogP contribution is -2.37. The van der Waals surface area contributed by atoms with Gasteiger partial charge in [-0.05, 0) is 37.8 Å². The number of amides is 1. The van der Waals surface area contributed by atoms with Crippen LogP contribution in [0.2, 0.25) is 0 Å². The standard InChI is InChI=1S/C17H20F3N3O3/c1-23(11-3-5-12(24)6-4-11)15-7-2-10(8-13(15)17(18,19)20)14-9-26-16(25)22-21-14/h2,7-8,11-12,24H,3-6,9H2,1H3,(H,22,25). The minimum absolute atomic E-state index is 0.0556. The van der Waals surface area contributed by atoms with E-state index in [0.717, 1.165) is 6.07 Å². The third kappa shape index (κ3) is 3.92. The first-order valence-electron chi connectivity index (χ1n) is 8.37. The molecule has 0 spiro atoms. The average Bonchev–Trinajstić information content (AvgIpc) is 2.61. The lowest BCUT2D eigenvalue weighted by Gasteiger charge is -2.36. The quantitative estimate of drug-likeness (QED) is 0.857. The molecule has 2 aliphatic rings. The maximum Gasteiger partial charge on any atom is 0.428 e. The van der Waals surface area contributed by atoms with Gasteiger partial charge in [-0.1, -0.05) is 6.07 Å². The van der Waals surface area contributed by atoms with Gasteiger partial charge >= 0.3 is 12.3 Å². The number of aliphatic hydroxyl groups is 1. The predicted octanol–water partition coefficient (Wildman–Crippen LogP) is 2.89. The van der Waals surface area contributed by atoms with Crippen LogP contribution < -0.4 is 10.3 Å². The van der Waals surface area contributed by atoms with Crippen LogP contribution >= 0.6 is 0 Å². The van der Waals surface area contributed by atoms with Crippen LogP contribution in [0.25, 0.3) is 0 Å². The Balaban J connectivity index is 1.91. The molecule has 3 rings (SSSR count). The Labute approximate surface area is 148 Å². The van der Waals surface area contributed by atoms with Gasteiger partial charge in [-0.25, -0.2) is 10.2 Å². The van der Waals surface area contributed by atoms with Crippen LogP contribution in [0.4, 0.5) is 23.7 Å². The van der Waals surface area contributed by atoms with Crippen molar-refractivity contribution in [3.05, 3.63) is 29.3 Å². The Morgan fingerprint density at radius 2 is 1.96 bits per heavy atom. The first-order valence-corrected chi connectivity index (χ1v) is 8.37. The van der Waals surface area contributed by atoms with Crippen LogP contribution in [0.5, 0.6) is 0 Å². The Morgan fingerprint density at radius 3 is 2.54 bits per heavy atom. The number of benzene rings is 1. The number of nitrogens with one attached hydrogen (secondary N) is 1. The molecule has 0 unspecified atom stereocenters. The maximum absolute atomic E-state index is 13.6. The highest BCUT2D eigenvalue weighted by Gasteiger charge is 2.36. The molecule has 1 aromatic rings. The number of hydrogen-bond donors (Lipinski definition) is 2. The van der Waals surface area contributed by atoms with E-state index in [-0.39, 0.29) is 35.7 Å². The second kappa shape index (κ2) is 7.14. The zero-order chi connectivity index (χ0) is 18.9. The summed E-state index contributed by atoms with van der Waals surface area (Å²) in [6.07, 6.45) is -3.19. The number of ether oxygens (including phenoxy) is 1. The van der Waals surface area contributed by atoms with Gasteiger partial charge in [0.15, 0.2) is 0 Å². The van der Waals surface area contributed by atoms with E-state index in [4.69, 9.17) is 4.74 Å². The van der Waals surface area contributed by atoms with Crippen molar-refractivity contribution in [1.29, 1.82) is 0 Å². The number of nitrogens with zero attached hydrogens (tertiary/aromatic N) is 2. The van der Waals surface area contributed by atoms with Crippen molar-refractivity contribution in [1.82, 2.24) is 5.43 Å². The van der Waals surface area contributed by atoms with Crippen LogP contribution in [0.1, 0.15) is 36.8 Å². The van der Waals surface area contributed by atoms with Crippen LogP contribution in [0.15, 0.2) is 23.3 Å². The molecular weight excluding hydrogens is 351 g/mol. The predicted molar refractivity (Wildman–Crippen MR) is 89.1 cm³/mol. The van der Waals surface area contributed by atoms with Crippen LogP contribution in [0, 0.1) is 0 Å². The molecule has 0 bridgehead atoms. The Kier molecular flexibility index (Phi) is 5.08. The largest absolute Gasteiger partial charge is 0.442 e. The summed E-state index contributed by atoms with van der Waals surface area (Å²) in [5.74, 6) is 0. The minimum atomic E-state index is -4.53. The first kappa shape index (κ1) is 18.5. The normalized spacial score (nSPS) is 23.7. The second-order valence-corrected chi connectivity index (χ2v) is 6.55. The van der Waals surface area contributed by atoms with Gasteiger partial charge in [0.25, 0.3) is 0 Å². The molecule has 1 fully saturated rings. The summed E-state index contributed by atoms with van der Waals surface area (Å²) in [6, 6.07) is 3.93. The van der Waals surface area contributed by atoms with Gasteiger partial charge in [-0.2, -0.15) is 18.3 Å². The summed E-state index contributed by atoms with van der Waals surface area (Å²) in [4.78, 5) is 12.6. The van der Waals surface area contributed by atoms with Crippen molar-refractivity contribution in [2.24, 2.45) is 5.10 Å². The molecule has 6 nitrogen and oxygen atoms in total. The molecule has 1 amide bonds. The molecule has 1 aliphatic carbocycles. The zero-order valence-electron chi connectivity index (χ0n) is 14.2. The lowest BCUT2D eigenvalue weighted by atomic mass is 9.91. The van der Waals surface area contributed by atoms with Crippen LogP contribution in [-0.4, -0.2) is 42.7 Å². The van der Waals surface area contributed by atoms with Gasteiger partial charge in [0.1, 0.15) is 12.3 Å². The molecule has 9 heteroatoms. The monoisotopic (exact) mass is 371 g/mol. The van der Waals surface area contributed by atoms with Crippen molar-refractivity contribution >= 4 is 17.5 Å². The van der Waals surface area contributed by atoms with Gasteiger partial charge in [0.05, 0.1) is 11.7 Å². The van der Waals surface area contributed by atoms with Crippen molar-refractivity contribution < 1.29 is 27.8 Å². The summed E-state index contributed by atoms with van der Waals surface area (Å²) in [6.45, 7) is -0.182. The van der Waals surface area contributed by atoms with Crippen LogP contribution in [0.3, 0.4) is 0 Å². The molecule has 2 N–H and O–H groups in total. The van der Waals surface area contributed by atoms with Crippen LogP contribution in [-0.2, 0) is 10.9 Å².